The third-order valence-electron chi connectivity index (χ3n) is 4.53. The number of nitrogens with one attached hydrogen (secondary N) is 1. The molecule has 1 unspecified atom stereocenters. The second-order valence-corrected chi connectivity index (χ2v) is 8.69. The fourth-order valence-corrected chi connectivity index (χ4v) is 3.78. The number of carbonyl (C=O) groups is 1. The van der Waals surface area contributed by atoms with Gasteiger partial charge in [-0.1, -0.05) is 18.6 Å². The molecule has 24 heavy (non-hydrogen) atoms. The molecule has 1 aliphatic rings. The molecule has 1 atom stereocenters. The fourth-order valence-electron chi connectivity index (χ4n) is 2.88. The predicted octanol–water partition coefficient (Wildman–Crippen LogP) is 1.43. The molecule has 1 aliphatic heterocycles. The molecular formula is C17H27N3O3S. The van der Waals surface area contributed by atoms with E-state index in [0.29, 0.717) is 19.0 Å². The third-order valence-corrected chi connectivity index (χ3v) is 6.36. The van der Waals surface area contributed by atoms with Gasteiger partial charge in [0.1, 0.15) is 0 Å². The summed E-state index contributed by atoms with van der Waals surface area (Å²) in [7, 11) is 1.67. The Balaban J connectivity index is 1.87. The molecule has 1 saturated heterocycles. The van der Waals surface area contributed by atoms with Crippen LogP contribution in [0.25, 0.3) is 0 Å². The van der Waals surface area contributed by atoms with Gasteiger partial charge in [-0.15, -0.1) is 0 Å². The quantitative estimate of drug-likeness (QED) is 0.840. The van der Waals surface area contributed by atoms with Crippen LogP contribution >= 0.6 is 0 Å². The average Bonchev–Trinajstić information content (AvgIpc) is 2.55. The average molecular weight is 353 g/mol. The number of sulfonamides is 1. The molecule has 1 fully saturated rings. The second-order valence-electron chi connectivity index (χ2n) is 6.54. The van der Waals surface area contributed by atoms with Crippen LogP contribution in [0.5, 0.6) is 0 Å². The fraction of sp³-hybridized carbons (Fsp3) is 0.588. The molecule has 0 bridgehead atoms. The second kappa shape index (κ2) is 8.09. The molecule has 7 heteroatoms. The molecule has 1 amide bonds. The Hall–Kier alpha value is -1.44. The van der Waals surface area contributed by atoms with E-state index in [1.807, 2.05) is 0 Å². The van der Waals surface area contributed by atoms with E-state index >= 15 is 0 Å². The van der Waals surface area contributed by atoms with Crippen molar-refractivity contribution in [3.63, 3.8) is 0 Å². The smallest absolute Gasteiger partial charge is 0.242 e. The number of nitrogens with zero attached hydrogens (tertiary/aromatic N) is 2. The summed E-state index contributed by atoms with van der Waals surface area (Å²) in [6.45, 7) is 1.47. The van der Waals surface area contributed by atoms with Gasteiger partial charge in [-0.05, 0) is 44.1 Å². The van der Waals surface area contributed by atoms with E-state index in [2.05, 4.69) is 17.3 Å². The van der Waals surface area contributed by atoms with Crippen molar-refractivity contribution in [1.82, 2.24) is 14.5 Å². The van der Waals surface area contributed by atoms with Crippen molar-refractivity contribution >= 4 is 15.9 Å². The molecule has 6 nitrogen and oxygen atoms in total. The van der Waals surface area contributed by atoms with Gasteiger partial charge in [-0.2, -0.15) is 0 Å². The molecule has 0 aliphatic carbocycles. The number of rotatable bonds is 6. The highest BCUT2D eigenvalue weighted by molar-refractivity contribution is 7.89. The highest BCUT2D eigenvalue weighted by Gasteiger charge is 2.21. The number of amides is 1. The topological polar surface area (TPSA) is 69.7 Å². The minimum Gasteiger partial charge on any atom is -0.352 e. The molecule has 0 radical (unpaired) electrons. The van der Waals surface area contributed by atoms with Gasteiger partial charge in [-0.25, -0.2) is 12.7 Å². The SMILES string of the molecule is CN1CCCCC1CC(=O)NCc1ccc(S(=O)(=O)N(C)C)cc1. The van der Waals surface area contributed by atoms with Crippen LogP contribution in [0.1, 0.15) is 31.2 Å². The molecule has 2 rings (SSSR count). The maximum absolute atomic E-state index is 12.1. The molecular weight excluding hydrogens is 326 g/mol. The van der Waals surface area contributed by atoms with E-state index in [9.17, 15) is 13.2 Å². The van der Waals surface area contributed by atoms with E-state index in [4.69, 9.17) is 0 Å². The van der Waals surface area contributed by atoms with Crippen LogP contribution in [0.3, 0.4) is 0 Å². The Morgan fingerprint density at radius 2 is 1.92 bits per heavy atom. The van der Waals surface area contributed by atoms with Crippen molar-refractivity contribution in [2.45, 2.75) is 43.2 Å². The Kier molecular flexibility index (Phi) is 6.37. The van der Waals surface area contributed by atoms with E-state index < -0.39 is 10.0 Å². The van der Waals surface area contributed by atoms with E-state index in [1.54, 1.807) is 24.3 Å². The lowest BCUT2D eigenvalue weighted by molar-refractivity contribution is -0.122. The lowest BCUT2D eigenvalue weighted by Gasteiger charge is -2.31. The molecule has 0 aromatic heterocycles. The number of benzene rings is 1. The Morgan fingerprint density at radius 1 is 1.25 bits per heavy atom. The normalized spacial score (nSPS) is 19.4. The van der Waals surface area contributed by atoms with E-state index in [1.165, 1.54) is 31.2 Å². The molecule has 1 heterocycles. The lowest BCUT2D eigenvalue weighted by Crippen LogP contribution is -2.40. The van der Waals surface area contributed by atoms with Gasteiger partial charge < -0.3 is 10.2 Å². The summed E-state index contributed by atoms with van der Waals surface area (Å²) in [6.07, 6.45) is 3.98. The molecule has 1 N–H and O–H groups in total. The van der Waals surface area contributed by atoms with Crippen molar-refractivity contribution in [2.75, 3.05) is 27.7 Å². The summed E-state index contributed by atoms with van der Waals surface area (Å²) in [5, 5.41) is 2.92. The Labute approximate surface area is 144 Å². The maximum Gasteiger partial charge on any atom is 0.242 e. The molecule has 134 valence electrons. The van der Waals surface area contributed by atoms with Gasteiger partial charge in [0.15, 0.2) is 0 Å². The van der Waals surface area contributed by atoms with Gasteiger partial charge in [-0.3, -0.25) is 4.79 Å². The minimum atomic E-state index is -3.41. The Bertz CT molecular complexity index is 656. The molecule has 0 spiro atoms. The van der Waals surface area contributed by atoms with Crippen molar-refractivity contribution in [2.24, 2.45) is 0 Å². The third kappa shape index (κ3) is 4.78. The van der Waals surface area contributed by atoms with Crippen molar-refractivity contribution in [3.05, 3.63) is 29.8 Å². The zero-order valence-corrected chi connectivity index (χ0v) is 15.5. The first-order valence-electron chi connectivity index (χ1n) is 8.29. The van der Waals surface area contributed by atoms with Gasteiger partial charge in [0, 0.05) is 33.1 Å². The largest absolute Gasteiger partial charge is 0.352 e. The van der Waals surface area contributed by atoms with Crippen molar-refractivity contribution < 1.29 is 13.2 Å². The number of likely N-dealkylation sites (tertiary alicyclic amines) is 1. The van der Waals surface area contributed by atoms with E-state index in [0.717, 1.165) is 18.5 Å². The summed E-state index contributed by atoms with van der Waals surface area (Å²) in [4.78, 5) is 14.6. The number of piperidine rings is 1. The van der Waals surface area contributed by atoms with Gasteiger partial charge >= 0.3 is 0 Å². The maximum atomic E-state index is 12.1. The van der Waals surface area contributed by atoms with Crippen LogP contribution in [0.2, 0.25) is 0 Å². The highest BCUT2D eigenvalue weighted by atomic mass is 32.2. The zero-order valence-electron chi connectivity index (χ0n) is 14.7. The van der Waals surface area contributed by atoms with Crippen LogP contribution in [0.15, 0.2) is 29.2 Å². The molecule has 1 aromatic carbocycles. The molecule has 0 saturated carbocycles. The summed E-state index contributed by atoms with van der Waals surface area (Å²) in [5.41, 5.74) is 0.887. The highest BCUT2D eigenvalue weighted by Crippen LogP contribution is 2.18. The number of hydrogen-bond donors (Lipinski definition) is 1. The summed E-state index contributed by atoms with van der Waals surface area (Å²) in [6, 6.07) is 6.95. The standard InChI is InChI=1S/C17H27N3O3S/c1-19(2)24(22,23)16-9-7-14(8-10-16)13-18-17(21)12-15-6-4-5-11-20(15)3/h7-10,15H,4-6,11-13H2,1-3H3,(H,18,21). The lowest BCUT2D eigenvalue weighted by atomic mass is 10.00. The van der Waals surface area contributed by atoms with Crippen LogP contribution in [0, 0.1) is 0 Å². The van der Waals surface area contributed by atoms with Crippen LogP contribution < -0.4 is 5.32 Å². The predicted molar refractivity (Wildman–Crippen MR) is 94.0 cm³/mol. The first-order valence-corrected chi connectivity index (χ1v) is 9.73. The monoisotopic (exact) mass is 353 g/mol. The number of hydrogen-bond acceptors (Lipinski definition) is 4. The zero-order chi connectivity index (χ0) is 17.7. The van der Waals surface area contributed by atoms with E-state index in [-0.39, 0.29) is 10.8 Å². The van der Waals surface area contributed by atoms with Crippen LogP contribution in [0.4, 0.5) is 0 Å². The van der Waals surface area contributed by atoms with Crippen molar-refractivity contribution in [1.29, 1.82) is 0 Å². The van der Waals surface area contributed by atoms with Gasteiger partial charge in [0.05, 0.1) is 4.90 Å². The van der Waals surface area contributed by atoms with Crippen molar-refractivity contribution in [3.8, 4) is 0 Å². The Morgan fingerprint density at radius 3 is 2.50 bits per heavy atom. The van der Waals surface area contributed by atoms with Crippen LogP contribution in [-0.4, -0.2) is 57.3 Å². The first kappa shape index (κ1) is 18.9. The summed E-state index contributed by atoms with van der Waals surface area (Å²) >= 11 is 0. The van der Waals surface area contributed by atoms with Crippen LogP contribution in [-0.2, 0) is 21.4 Å². The van der Waals surface area contributed by atoms with Gasteiger partial charge in [0.25, 0.3) is 0 Å². The first-order chi connectivity index (χ1) is 11.3. The summed E-state index contributed by atoms with van der Waals surface area (Å²) in [5.74, 6) is 0.0405. The molecule has 1 aromatic rings. The summed E-state index contributed by atoms with van der Waals surface area (Å²) < 4.78 is 25.2. The van der Waals surface area contributed by atoms with Gasteiger partial charge in [0.2, 0.25) is 15.9 Å². The number of carbonyl (C=O) groups excluding carboxylic acids is 1. The minimum absolute atomic E-state index is 0.0405.